The van der Waals surface area contributed by atoms with Gasteiger partial charge in [0.25, 0.3) is 0 Å². The minimum absolute atomic E-state index is 0.359. The van der Waals surface area contributed by atoms with Crippen LogP contribution in [-0.4, -0.2) is 10.6 Å². The molecule has 1 aromatic carbocycles. The second-order valence-corrected chi connectivity index (χ2v) is 7.76. The highest BCUT2D eigenvalue weighted by Gasteiger charge is 2.12. The lowest BCUT2D eigenvalue weighted by atomic mass is 10.2. The summed E-state index contributed by atoms with van der Waals surface area (Å²) >= 11 is 1.69. The Labute approximate surface area is 149 Å². The Morgan fingerprint density at radius 2 is 1.96 bits per heavy atom. The quantitative estimate of drug-likeness (QED) is 0.458. The average molecular weight is 350 g/mol. The second-order valence-electron chi connectivity index (χ2n) is 6.81. The lowest BCUT2D eigenvalue weighted by Crippen LogP contribution is -2.18. The number of aromatic nitrogens is 1. The molecule has 0 atom stereocenters. The molecule has 0 unspecified atom stereocenters. The van der Waals surface area contributed by atoms with Gasteiger partial charge in [0.05, 0.1) is 0 Å². The second kappa shape index (κ2) is 6.01. The van der Waals surface area contributed by atoms with Crippen molar-refractivity contribution in [2.75, 3.05) is 0 Å². The summed E-state index contributed by atoms with van der Waals surface area (Å²) < 4.78 is 7.25. The maximum atomic E-state index is 6.07. The van der Waals surface area contributed by atoms with Crippen LogP contribution in [-0.2, 0) is 4.84 Å². The molecule has 5 heteroatoms. The maximum absolute atomic E-state index is 6.07. The van der Waals surface area contributed by atoms with Crippen molar-refractivity contribution in [3.8, 4) is 11.5 Å². The first-order chi connectivity index (χ1) is 12.0. The fraction of sp³-hybridized carbons (Fsp3) is 0.200. The van der Waals surface area contributed by atoms with E-state index in [0.717, 1.165) is 27.4 Å². The summed E-state index contributed by atoms with van der Waals surface area (Å²) in [5.41, 5.74) is 1.18. The van der Waals surface area contributed by atoms with E-state index in [4.69, 9.17) is 9.25 Å². The van der Waals surface area contributed by atoms with Crippen molar-refractivity contribution in [2.45, 2.75) is 26.4 Å². The lowest BCUT2D eigenvalue weighted by molar-refractivity contribution is -0.00585. The molecule has 0 radical (unpaired) electrons. The molecule has 0 aliphatic heterocycles. The third-order valence-electron chi connectivity index (χ3n) is 3.66. The van der Waals surface area contributed by atoms with Crippen LogP contribution in [0.15, 0.2) is 63.6 Å². The highest BCUT2D eigenvalue weighted by Crippen LogP contribution is 2.26. The van der Waals surface area contributed by atoms with Gasteiger partial charge in [-0.25, -0.2) is 0 Å². The Balaban J connectivity index is 1.92. The minimum atomic E-state index is -0.359. The van der Waals surface area contributed by atoms with E-state index in [-0.39, 0.29) is 5.60 Å². The van der Waals surface area contributed by atoms with E-state index in [1.807, 2.05) is 63.4 Å². The fourth-order valence-electron chi connectivity index (χ4n) is 2.50. The molecule has 25 heavy (non-hydrogen) atoms. The highest BCUT2D eigenvalue weighted by molar-refractivity contribution is 7.17. The third kappa shape index (κ3) is 3.28. The maximum Gasteiger partial charge on any atom is 0.155 e. The van der Waals surface area contributed by atoms with Crippen LogP contribution >= 0.6 is 11.3 Å². The van der Waals surface area contributed by atoms with Gasteiger partial charge in [-0.2, -0.15) is 0 Å². The van der Waals surface area contributed by atoms with Crippen molar-refractivity contribution in [1.29, 1.82) is 0 Å². The summed E-state index contributed by atoms with van der Waals surface area (Å²) in [7, 11) is 0. The van der Waals surface area contributed by atoms with E-state index >= 15 is 0 Å². The van der Waals surface area contributed by atoms with Crippen LogP contribution in [0.3, 0.4) is 0 Å². The molecule has 0 spiro atoms. The predicted molar refractivity (Wildman–Crippen MR) is 101 cm³/mol. The summed E-state index contributed by atoms with van der Waals surface area (Å²) in [5.74, 6) is 0.672. The molecule has 0 amide bonds. The third-order valence-corrected chi connectivity index (χ3v) is 4.54. The number of pyridine rings is 1. The number of hydrogen-bond donors (Lipinski definition) is 0. The summed E-state index contributed by atoms with van der Waals surface area (Å²) in [6.45, 7) is 5.91. The zero-order chi connectivity index (χ0) is 17.4. The molecule has 0 aliphatic carbocycles. The van der Waals surface area contributed by atoms with E-state index in [1.54, 1.807) is 11.3 Å². The van der Waals surface area contributed by atoms with Gasteiger partial charge in [-0.1, -0.05) is 17.3 Å². The van der Waals surface area contributed by atoms with Crippen LogP contribution in [0.25, 0.3) is 32.5 Å². The fourth-order valence-corrected chi connectivity index (χ4v) is 3.29. The van der Waals surface area contributed by atoms with Gasteiger partial charge in [0.1, 0.15) is 22.2 Å². The monoisotopic (exact) mass is 350 g/mol. The first kappa shape index (κ1) is 15.8. The van der Waals surface area contributed by atoms with Crippen molar-refractivity contribution in [2.24, 2.45) is 5.16 Å². The molecular formula is C20H18N2O2S. The molecule has 126 valence electrons. The average Bonchev–Trinajstić information content (AvgIpc) is 3.06. The van der Waals surface area contributed by atoms with E-state index < -0.39 is 0 Å². The predicted octanol–water partition coefficient (Wildman–Crippen LogP) is 5.34. The van der Waals surface area contributed by atoms with Crippen LogP contribution in [0, 0.1) is 0 Å². The molecule has 0 saturated carbocycles. The van der Waals surface area contributed by atoms with Gasteiger partial charge in [-0.15, -0.1) is 11.3 Å². The summed E-state index contributed by atoms with van der Waals surface area (Å²) in [5, 5.41) is 9.20. The zero-order valence-corrected chi connectivity index (χ0v) is 15.1. The summed E-state index contributed by atoms with van der Waals surface area (Å²) in [4.78, 5) is 10.2. The minimum Gasteiger partial charge on any atom is -0.454 e. The van der Waals surface area contributed by atoms with Crippen LogP contribution < -0.4 is 5.36 Å². The Kier molecular flexibility index (Phi) is 3.81. The Morgan fingerprint density at radius 1 is 1.12 bits per heavy atom. The number of nitrogens with zero attached hydrogens (tertiary/aromatic N) is 2. The number of para-hydroxylation sites is 1. The van der Waals surface area contributed by atoms with E-state index in [0.29, 0.717) is 5.76 Å². The lowest BCUT2D eigenvalue weighted by Gasteiger charge is -2.15. The van der Waals surface area contributed by atoms with Crippen molar-refractivity contribution >= 4 is 32.4 Å². The SMILES string of the molecule is CC(C)(C)ON=c1cc(-c2cc3sccc3cn2)oc2ccccc12. The molecule has 4 aromatic rings. The Morgan fingerprint density at radius 3 is 2.80 bits per heavy atom. The van der Waals surface area contributed by atoms with Gasteiger partial charge < -0.3 is 9.25 Å². The highest BCUT2D eigenvalue weighted by atomic mass is 32.1. The molecule has 0 N–H and O–H groups in total. The Hall–Kier alpha value is -2.66. The van der Waals surface area contributed by atoms with Crippen LogP contribution in [0.5, 0.6) is 0 Å². The number of fused-ring (bicyclic) bond motifs is 2. The summed E-state index contributed by atoms with van der Waals surface area (Å²) in [6.07, 6.45) is 1.87. The van der Waals surface area contributed by atoms with Gasteiger partial charge >= 0.3 is 0 Å². The van der Waals surface area contributed by atoms with Crippen molar-refractivity contribution in [3.63, 3.8) is 0 Å². The van der Waals surface area contributed by atoms with Crippen LogP contribution in [0.2, 0.25) is 0 Å². The Bertz CT molecular complexity index is 1120. The molecular weight excluding hydrogens is 332 g/mol. The molecule has 4 rings (SSSR count). The van der Waals surface area contributed by atoms with Crippen molar-refractivity contribution < 1.29 is 9.25 Å². The van der Waals surface area contributed by atoms with Gasteiger partial charge in [-0.3, -0.25) is 4.98 Å². The number of benzene rings is 1. The zero-order valence-electron chi connectivity index (χ0n) is 14.3. The molecule has 0 aliphatic rings. The molecule has 3 heterocycles. The topological polar surface area (TPSA) is 47.6 Å². The molecule has 0 saturated heterocycles. The van der Waals surface area contributed by atoms with Crippen LogP contribution in [0.4, 0.5) is 0 Å². The standard InChI is InChI=1S/C20H18N2O2S/c1-20(2,3)24-22-15-10-18(23-17-7-5-4-6-14(15)17)16-11-19-13(12-21-16)8-9-25-19/h4-12H,1-3H3. The van der Waals surface area contributed by atoms with Crippen LogP contribution in [0.1, 0.15) is 20.8 Å². The van der Waals surface area contributed by atoms with Gasteiger partial charge in [0, 0.05) is 27.7 Å². The number of hydrogen-bond acceptors (Lipinski definition) is 5. The van der Waals surface area contributed by atoms with Crippen molar-refractivity contribution in [1.82, 2.24) is 4.98 Å². The van der Waals surface area contributed by atoms with Gasteiger partial charge in [-0.05, 0) is 50.4 Å². The molecule has 3 aromatic heterocycles. The summed E-state index contributed by atoms with van der Waals surface area (Å²) in [6, 6.07) is 13.8. The number of rotatable bonds is 2. The largest absolute Gasteiger partial charge is 0.454 e. The van der Waals surface area contributed by atoms with Gasteiger partial charge in [0.15, 0.2) is 5.76 Å². The van der Waals surface area contributed by atoms with E-state index in [1.165, 1.54) is 4.70 Å². The molecule has 0 bridgehead atoms. The van der Waals surface area contributed by atoms with E-state index in [9.17, 15) is 0 Å². The first-order valence-corrected chi connectivity index (χ1v) is 8.96. The molecule has 0 fully saturated rings. The van der Waals surface area contributed by atoms with Gasteiger partial charge in [0.2, 0.25) is 0 Å². The van der Waals surface area contributed by atoms with Crippen molar-refractivity contribution in [3.05, 3.63) is 59.4 Å². The van der Waals surface area contributed by atoms with E-state index in [2.05, 4.69) is 21.6 Å². The molecule has 4 nitrogen and oxygen atoms in total. The first-order valence-electron chi connectivity index (χ1n) is 8.08. The number of thiophene rings is 1. The normalized spacial score (nSPS) is 12.8. The smallest absolute Gasteiger partial charge is 0.155 e.